The van der Waals surface area contributed by atoms with Crippen LogP contribution >= 0.6 is 23.2 Å². The van der Waals surface area contributed by atoms with Gasteiger partial charge in [-0.1, -0.05) is 23.2 Å². The minimum atomic E-state index is 0.291. The topological polar surface area (TPSA) is 9.23 Å². The van der Waals surface area contributed by atoms with Crippen molar-refractivity contribution < 1.29 is 4.74 Å². The zero-order chi connectivity index (χ0) is 8.29. The number of rotatable bonds is 0. The van der Waals surface area contributed by atoms with Crippen LogP contribution in [0.1, 0.15) is 29.8 Å². The van der Waals surface area contributed by atoms with Gasteiger partial charge in [0.15, 0.2) is 0 Å². The lowest BCUT2D eigenvalue weighted by Crippen LogP contribution is -2.11. The molecule has 4 rings (SSSR count). The summed E-state index contributed by atoms with van der Waals surface area (Å²) in [5.74, 6) is 0. The largest absolute Gasteiger partial charge is 0.365 e. The molecule has 2 unspecified atom stereocenters. The number of hydrogen-bond acceptors (Lipinski definition) is 1. The van der Waals surface area contributed by atoms with Gasteiger partial charge < -0.3 is 4.74 Å². The Kier molecular flexibility index (Phi) is 1.30. The van der Waals surface area contributed by atoms with Crippen LogP contribution in [0.2, 0.25) is 10.0 Å². The molecule has 12 heavy (non-hydrogen) atoms. The average molecular weight is 201 g/mol. The molecular weight excluding hydrogens is 195 g/mol. The molecule has 3 heteroatoms. The second-order valence-electron chi connectivity index (χ2n) is 3.24. The third-order valence-corrected chi connectivity index (χ3v) is 3.30. The second-order valence-corrected chi connectivity index (χ2v) is 4.06. The van der Waals surface area contributed by atoms with Crippen LogP contribution in [0.5, 0.6) is 0 Å². The fraction of sp³-hybridized carbons (Fsp3) is 0.333. The Hall–Kier alpha value is -0.240. The quantitative estimate of drug-likeness (QED) is 0.623. The maximum absolute atomic E-state index is 5.89. The highest BCUT2D eigenvalue weighted by molar-refractivity contribution is 6.42. The van der Waals surface area contributed by atoms with Crippen molar-refractivity contribution in [2.24, 2.45) is 0 Å². The van der Waals surface area contributed by atoms with Gasteiger partial charge in [0, 0.05) is 6.42 Å². The van der Waals surface area contributed by atoms with E-state index >= 15 is 0 Å². The van der Waals surface area contributed by atoms with Crippen LogP contribution in [0.15, 0.2) is 12.1 Å². The summed E-state index contributed by atoms with van der Waals surface area (Å²) in [5.41, 5.74) is 2.46. The van der Waals surface area contributed by atoms with E-state index in [-0.39, 0.29) is 0 Å². The molecule has 1 saturated heterocycles. The molecule has 2 bridgehead atoms. The molecule has 1 aromatic carbocycles. The van der Waals surface area contributed by atoms with Gasteiger partial charge in [0.25, 0.3) is 0 Å². The van der Waals surface area contributed by atoms with Gasteiger partial charge >= 0.3 is 0 Å². The summed E-state index contributed by atoms with van der Waals surface area (Å²) in [7, 11) is 0. The van der Waals surface area contributed by atoms with Crippen molar-refractivity contribution in [1.82, 2.24) is 0 Å². The monoisotopic (exact) mass is 200 g/mol. The van der Waals surface area contributed by atoms with E-state index in [2.05, 4.69) is 0 Å². The first-order valence-corrected chi connectivity index (χ1v) is 4.65. The van der Waals surface area contributed by atoms with Gasteiger partial charge in [-0.3, -0.25) is 0 Å². The molecule has 0 spiro atoms. The summed E-state index contributed by atoms with van der Waals surface area (Å²) in [5, 5.41) is 1.26. The number of halogens is 2. The number of ether oxygens (including phenoxy) is 1. The van der Waals surface area contributed by atoms with Gasteiger partial charge in [-0.05, 0) is 23.3 Å². The Labute approximate surface area is 80.2 Å². The van der Waals surface area contributed by atoms with Crippen LogP contribution in [-0.4, -0.2) is 0 Å². The molecule has 3 aliphatic rings. The van der Waals surface area contributed by atoms with Gasteiger partial charge in [0.05, 0.1) is 22.3 Å². The van der Waals surface area contributed by atoms with Gasteiger partial charge in [-0.25, -0.2) is 0 Å². The van der Waals surface area contributed by atoms with E-state index in [4.69, 9.17) is 27.9 Å². The summed E-state index contributed by atoms with van der Waals surface area (Å²) in [6.07, 6.45) is 1.69. The second kappa shape index (κ2) is 2.16. The molecule has 1 nitrogen and oxygen atoms in total. The Morgan fingerprint density at radius 1 is 1.08 bits per heavy atom. The third kappa shape index (κ3) is 0.743. The minimum absolute atomic E-state index is 0.291. The molecule has 0 aromatic heterocycles. The summed E-state index contributed by atoms with van der Waals surface area (Å²) in [4.78, 5) is 0. The van der Waals surface area contributed by atoms with Crippen LogP contribution in [0.4, 0.5) is 0 Å². The molecule has 2 aliphatic heterocycles. The smallest absolute Gasteiger partial charge is 0.0865 e. The van der Waals surface area contributed by atoms with E-state index in [1.165, 1.54) is 11.1 Å². The maximum Gasteiger partial charge on any atom is 0.0865 e. The first-order chi connectivity index (χ1) is 5.75. The molecule has 1 fully saturated rings. The Balaban J connectivity index is 2.25. The summed E-state index contributed by atoms with van der Waals surface area (Å²) < 4.78 is 5.51. The predicted molar refractivity (Wildman–Crippen MR) is 47.6 cm³/mol. The molecular formula is C9H6Cl2O. The molecule has 0 N–H and O–H groups in total. The van der Waals surface area contributed by atoms with Gasteiger partial charge in [0.1, 0.15) is 0 Å². The average Bonchev–Trinajstić information content (AvgIpc) is 2.39. The molecule has 1 aliphatic carbocycles. The lowest BCUT2D eigenvalue weighted by atomic mass is 10.1. The van der Waals surface area contributed by atoms with Gasteiger partial charge in [-0.15, -0.1) is 0 Å². The maximum atomic E-state index is 5.89. The molecule has 2 atom stereocenters. The normalized spacial score (nSPS) is 29.8. The van der Waals surface area contributed by atoms with E-state index < -0.39 is 0 Å². The molecule has 0 saturated carbocycles. The number of hydrogen-bond donors (Lipinski definition) is 0. The van der Waals surface area contributed by atoms with Gasteiger partial charge in [-0.2, -0.15) is 0 Å². The summed E-state index contributed by atoms with van der Waals surface area (Å²) >= 11 is 11.8. The highest BCUT2D eigenvalue weighted by atomic mass is 35.5. The van der Waals surface area contributed by atoms with Crippen molar-refractivity contribution in [3.05, 3.63) is 33.3 Å². The number of benzene rings is 1. The first kappa shape index (κ1) is 7.19. The molecule has 0 radical (unpaired) electrons. The van der Waals surface area contributed by atoms with Crippen molar-refractivity contribution in [3.8, 4) is 0 Å². The SMILES string of the molecule is Clc1cc2c(cc1Cl)C1CC2O1. The van der Waals surface area contributed by atoms with Crippen molar-refractivity contribution in [1.29, 1.82) is 0 Å². The predicted octanol–water partition coefficient (Wildman–Crippen LogP) is 3.51. The van der Waals surface area contributed by atoms with E-state index in [0.717, 1.165) is 6.42 Å². The van der Waals surface area contributed by atoms with Crippen molar-refractivity contribution >= 4 is 23.2 Å². The third-order valence-electron chi connectivity index (χ3n) is 2.58. The van der Waals surface area contributed by atoms with Crippen LogP contribution in [0, 0.1) is 0 Å². The molecule has 0 amide bonds. The molecule has 2 heterocycles. The fourth-order valence-electron chi connectivity index (χ4n) is 1.92. The van der Waals surface area contributed by atoms with E-state index in [9.17, 15) is 0 Å². The zero-order valence-electron chi connectivity index (χ0n) is 6.18. The fourth-order valence-corrected chi connectivity index (χ4v) is 2.26. The van der Waals surface area contributed by atoms with Gasteiger partial charge in [0.2, 0.25) is 0 Å². The standard InChI is InChI=1S/C9H6Cl2O/c10-6-1-4-5(2-7(6)11)9-3-8(4)12-9/h1-2,8-9H,3H2. The Morgan fingerprint density at radius 2 is 1.50 bits per heavy atom. The van der Waals surface area contributed by atoms with Crippen molar-refractivity contribution in [2.75, 3.05) is 0 Å². The van der Waals surface area contributed by atoms with E-state index in [1.54, 1.807) is 0 Å². The highest BCUT2D eigenvalue weighted by Crippen LogP contribution is 2.55. The van der Waals surface area contributed by atoms with Crippen LogP contribution in [0.3, 0.4) is 0 Å². The van der Waals surface area contributed by atoms with Crippen LogP contribution in [-0.2, 0) is 4.74 Å². The van der Waals surface area contributed by atoms with Crippen LogP contribution < -0.4 is 0 Å². The Bertz CT molecular complexity index is 323. The minimum Gasteiger partial charge on any atom is -0.365 e. The lowest BCUT2D eigenvalue weighted by Gasteiger charge is -2.24. The van der Waals surface area contributed by atoms with E-state index in [0.29, 0.717) is 22.3 Å². The zero-order valence-corrected chi connectivity index (χ0v) is 7.69. The summed E-state index contributed by atoms with van der Waals surface area (Å²) in [6.45, 7) is 0. The highest BCUT2D eigenvalue weighted by Gasteiger charge is 2.43. The van der Waals surface area contributed by atoms with E-state index in [1.807, 2.05) is 12.1 Å². The van der Waals surface area contributed by atoms with Crippen LogP contribution in [0.25, 0.3) is 0 Å². The lowest BCUT2D eigenvalue weighted by molar-refractivity contribution is -0.103. The molecule has 1 aromatic rings. The Morgan fingerprint density at radius 3 is 1.92 bits per heavy atom. The van der Waals surface area contributed by atoms with Crippen molar-refractivity contribution in [2.45, 2.75) is 18.6 Å². The van der Waals surface area contributed by atoms with Crippen molar-refractivity contribution in [3.63, 3.8) is 0 Å². The summed E-state index contributed by atoms with van der Waals surface area (Å²) in [6, 6.07) is 3.85. The first-order valence-electron chi connectivity index (χ1n) is 3.90. The molecule has 62 valence electrons.